The van der Waals surface area contributed by atoms with Crippen LogP contribution in [-0.2, 0) is 16.1 Å². The van der Waals surface area contributed by atoms with Gasteiger partial charge in [-0.1, -0.05) is 6.07 Å². The zero-order valence-corrected chi connectivity index (χ0v) is 10.7. The molecular formula is C13H11FN2O2S. The van der Waals surface area contributed by atoms with Crippen molar-refractivity contribution in [3.63, 3.8) is 0 Å². The lowest BCUT2D eigenvalue weighted by molar-refractivity contribution is -0.136. The topological polar surface area (TPSA) is 58.2 Å². The molecule has 2 aromatic rings. The molecule has 2 N–H and O–H groups in total. The maximum absolute atomic E-state index is 12.9. The van der Waals surface area contributed by atoms with Crippen molar-refractivity contribution >= 4 is 28.8 Å². The number of hydrogen-bond acceptors (Lipinski definition) is 3. The largest absolute Gasteiger partial charge is 0.344 e. The fraction of sp³-hybridized carbons (Fsp3) is 0.0769. The van der Waals surface area contributed by atoms with Crippen molar-refractivity contribution in [2.45, 2.75) is 6.54 Å². The van der Waals surface area contributed by atoms with Crippen LogP contribution < -0.4 is 10.6 Å². The van der Waals surface area contributed by atoms with Crippen molar-refractivity contribution in [2.75, 3.05) is 5.32 Å². The van der Waals surface area contributed by atoms with Crippen LogP contribution in [0.15, 0.2) is 41.1 Å². The summed E-state index contributed by atoms with van der Waals surface area (Å²) in [4.78, 5) is 23.1. The molecule has 0 saturated carbocycles. The van der Waals surface area contributed by atoms with Gasteiger partial charge in [-0.15, -0.1) is 0 Å². The van der Waals surface area contributed by atoms with E-state index in [1.54, 1.807) is 0 Å². The lowest BCUT2D eigenvalue weighted by Crippen LogP contribution is -2.34. The molecule has 98 valence electrons. The molecule has 6 heteroatoms. The number of nitrogens with one attached hydrogen (secondary N) is 2. The van der Waals surface area contributed by atoms with Crippen LogP contribution in [0.5, 0.6) is 0 Å². The SMILES string of the molecule is O=C(NCc1ccsc1)C(=O)Nc1cccc(F)c1. The molecule has 4 nitrogen and oxygen atoms in total. The second-order valence-electron chi connectivity index (χ2n) is 3.78. The quantitative estimate of drug-likeness (QED) is 0.845. The first kappa shape index (κ1) is 13.2. The highest BCUT2D eigenvalue weighted by Crippen LogP contribution is 2.09. The lowest BCUT2D eigenvalue weighted by atomic mass is 10.3. The van der Waals surface area contributed by atoms with Crippen molar-refractivity contribution < 1.29 is 14.0 Å². The smallest absolute Gasteiger partial charge is 0.313 e. The summed E-state index contributed by atoms with van der Waals surface area (Å²) in [5.41, 5.74) is 1.17. The summed E-state index contributed by atoms with van der Waals surface area (Å²) in [6.45, 7) is 0.291. The molecule has 0 aliphatic carbocycles. The van der Waals surface area contributed by atoms with Gasteiger partial charge in [-0.2, -0.15) is 11.3 Å². The van der Waals surface area contributed by atoms with E-state index < -0.39 is 17.6 Å². The Hall–Kier alpha value is -2.21. The Labute approximate surface area is 113 Å². The van der Waals surface area contributed by atoms with E-state index in [4.69, 9.17) is 0 Å². The van der Waals surface area contributed by atoms with Gasteiger partial charge in [0, 0.05) is 12.2 Å². The molecule has 0 unspecified atom stereocenters. The molecule has 0 atom stereocenters. The van der Waals surface area contributed by atoms with Gasteiger partial charge in [0.25, 0.3) is 0 Å². The van der Waals surface area contributed by atoms with Crippen LogP contribution >= 0.6 is 11.3 Å². The molecule has 0 aliphatic heterocycles. The summed E-state index contributed by atoms with van der Waals surface area (Å²) >= 11 is 1.51. The number of benzene rings is 1. The highest BCUT2D eigenvalue weighted by Gasteiger charge is 2.13. The van der Waals surface area contributed by atoms with E-state index in [9.17, 15) is 14.0 Å². The van der Waals surface area contributed by atoms with Gasteiger partial charge in [-0.3, -0.25) is 9.59 Å². The Kier molecular flexibility index (Phi) is 4.25. The van der Waals surface area contributed by atoms with Gasteiger partial charge in [0.2, 0.25) is 0 Å². The van der Waals surface area contributed by atoms with Crippen molar-refractivity contribution in [1.82, 2.24) is 5.32 Å². The summed E-state index contributed by atoms with van der Waals surface area (Å²) in [5.74, 6) is -2.05. The standard InChI is InChI=1S/C13H11FN2O2S/c14-10-2-1-3-11(6-10)16-13(18)12(17)15-7-9-4-5-19-8-9/h1-6,8H,7H2,(H,15,17)(H,16,18). The average molecular weight is 278 g/mol. The number of anilines is 1. The molecule has 19 heavy (non-hydrogen) atoms. The number of hydrogen-bond donors (Lipinski definition) is 2. The molecule has 2 amide bonds. The van der Waals surface area contributed by atoms with E-state index in [1.165, 1.54) is 29.5 Å². The zero-order chi connectivity index (χ0) is 13.7. The third kappa shape index (κ3) is 3.89. The van der Waals surface area contributed by atoms with Gasteiger partial charge in [-0.25, -0.2) is 4.39 Å². The van der Waals surface area contributed by atoms with Crippen molar-refractivity contribution in [3.8, 4) is 0 Å². The fourth-order valence-corrected chi connectivity index (χ4v) is 2.08. The maximum atomic E-state index is 12.9. The predicted molar refractivity (Wildman–Crippen MR) is 71.2 cm³/mol. The second-order valence-corrected chi connectivity index (χ2v) is 4.56. The van der Waals surface area contributed by atoms with Gasteiger partial charge in [-0.05, 0) is 40.6 Å². The Balaban J connectivity index is 1.87. The number of carbonyl (C=O) groups excluding carboxylic acids is 2. The van der Waals surface area contributed by atoms with Gasteiger partial charge < -0.3 is 10.6 Å². The van der Waals surface area contributed by atoms with Crippen LogP contribution in [0.2, 0.25) is 0 Å². The molecule has 0 saturated heterocycles. The Bertz CT molecular complexity index is 584. The van der Waals surface area contributed by atoms with E-state index in [0.29, 0.717) is 6.54 Å². The van der Waals surface area contributed by atoms with E-state index in [-0.39, 0.29) is 5.69 Å². The summed E-state index contributed by atoms with van der Waals surface area (Å²) < 4.78 is 12.9. The van der Waals surface area contributed by atoms with Gasteiger partial charge in [0.15, 0.2) is 0 Å². The first-order valence-electron chi connectivity index (χ1n) is 5.51. The second kappa shape index (κ2) is 6.10. The number of rotatable bonds is 3. The first-order chi connectivity index (χ1) is 9.15. The highest BCUT2D eigenvalue weighted by molar-refractivity contribution is 7.07. The molecule has 0 fully saturated rings. The third-order valence-electron chi connectivity index (χ3n) is 2.32. The third-order valence-corrected chi connectivity index (χ3v) is 3.05. The monoisotopic (exact) mass is 278 g/mol. The van der Waals surface area contributed by atoms with Crippen LogP contribution in [-0.4, -0.2) is 11.8 Å². The maximum Gasteiger partial charge on any atom is 0.313 e. The van der Waals surface area contributed by atoms with E-state index in [1.807, 2.05) is 16.8 Å². The molecule has 0 aliphatic rings. The van der Waals surface area contributed by atoms with Crippen LogP contribution in [0.25, 0.3) is 0 Å². The number of thiophene rings is 1. The Morgan fingerprint density at radius 1 is 1.21 bits per heavy atom. The Morgan fingerprint density at radius 2 is 2.05 bits per heavy atom. The Morgan fingerprint density at radius 3 is 2.74 bits per heavy atom. The van der Waals surface area contributed by atoms with Crippen molar-refractivity contribution in [2.24, 2.45) is 0 Å². The molecule has 1 aromatic heterocycles. The van der Waals surface area contributed by atoms with Gasteiger partial charge in [0.1, 0.15) is 5.82 Å². The van der Waals surface area contributed by atoms with E-state index >= 15 is 0 Å². The molecular weight excluding hydrogens is 267 g/mol. The van der Waals surface area contributed by atoms with Gasteiger partial charge >= 0.3 is 11.8 Å². The normalized spacial score (nSPS) is 9.95. The summed E-state index contributed by atoms with van der Waals surface area (Å²) in [7, 11) is 0. The summed E-state index contributed by atoms with van der Waals surface area (Å²) in [6.07, 6.45) is 0. The molecule has 0 radical (unpaired) electrons. The summed E-state index contributed by atoms with van der Waals surface area (Å²) in [6, 6.07) is 7.22. The van der Waals surface area contributed by atoms with Crippen molar-refractivity contribution in [1.29, 1.82) is 0 Å². The zero-order valence-electron chi connectivity index (χ0n) is 9.85. The molecule has 0 bridgehead atoms. The van der Waals surface area contributed by atoms with Gasteiger partial charge in [0.05, 0.1) is 0 Å². The van der Waals surface area contributed by atoms with Crippen LogP contribution in [0.3, 0.4) is 0 Å². The number of halogens is 1. The van der Waals surface area contributed by atoms with Crippen LogP contribution in [0, 0.1) is 5.82 Å². The van der Waals surface area contributed by atoms with Crippen LogP contribution in [0.1, 0.15) is 5.56 Å². The average Bonchev–Trinajstić information content (AvgIpc) is 2.89. The van der Waals surface area contributed by atoms with E-state index in [0.717, 1.165) is 11.6 Å². The molecule has 2 rings (SSSR count). The van der Waals surface area contributed by atoms with Crippen LogP contribution in [0.4, 0.5) is 10.1 Å². The molecule has 0 spiro atoms. The lowest BCUT2D eigenvalue weighted by Gasteiger charge is -2.05. The van der Waals surface area contributed by atoms with Crippen molar-refractivity contribution in [3.05, 3.63) is 52.5 Å². The number of amides is 2. The number of carbonyl (C=O) groups is 2. The fourth-order valence-electron chi connectivity index (χ4n) is 1.41. The first-order valence-corrected chi connectivity index (χ1v) is 6.45. The highest BCUT2D eigenvalue weighted by atomic mass is 32.1. The van der Waals surface area contributed by atoms with E-state index in [2.05, 4.69) is 10.6 Å². The minimum atomic E-state index is -0.819. The minimum absolute atomic E-state index is 0.246. The molecule has 1 aromatic carbocycles. The minimum Gasteiger partial charge on any atom is -0.344 e. The molecule has 1 heterocycles. The predicted octanol–water partition coefficient (Wildman–Crippen LogP) is 2.14. The summed E-state index contributed by atoms with van der Waals surface area (Å²) in [5, 5.41) is 8.57.